The molecular formula is C44H28. The third kappa shape index (κ3) is 3.85. The summed E-state index contributed by atoms with van der Waals surface area (Å²) in [5, 5.41) is 12.7. The Bertz CT molecular complexity index is 2530. The van der Waals surface area contributed by atoms with E-state index in [2.05, 4.69) is 170 Å². The molecule has 44 heavy (non-hydrogen) atoms. The molecule has 9 rings (SSSR count). The van der Waals surface area contributed by atoms with Crippen LogP contribution in [0.3, 0.4) is 0 Å². The minimum atomic E-state index is 1.23. The average molecular weight is 557 g/mol. The molecule has 0 aliphatic carbocycles. The van der Waals surface area contributed by atoms with Gasteiger partial charge in [0, 0.05) is 0 Å². The number of rotatable bonds is 3. The maximum atomic E-state index is 2.45. The van der Waals surface area contributed by atoms with Gasteiger partial charge in [-0.25, -0.2) is 0 Å². The summed E-state index contributed by atoms with van der Waals surface area (Å²) in [6.45, 7) is 0. The summed E-state index contributed by atoms with van der Waals surface area (Å²) in [4.78, 5) is 0. The summed E-state index contributed by atoms with van der Waals surface area (Å²) in [7, 11) is 0. The van der Waals surface area contributed by atoms with Crippen LogP contribution in [0.2, 0.25) is 0 Å². The Morgan fingerprint density at radius 3 is 1.30 bits per heavy atom. The highest BCUT2D eigenvalue weighted by molar-refractivity contribution is 6.25. The highest BCUT2D eigenvalue weighted by atomic mass is 14.2. The van der Waals surface area contributed by atoms with Crippen molar-refractivity contribution in [1.29, 1.82) is 0 Å². The van der Waals surface area contributed by atoms with Crippen LogP contribution in [0.4, 0.5) is 0 Å². The molecule has 0 aromatic heterocycles. The minimum Gasteiger partial charge on any atom is -0.0622 e. The van der Waals surface area contributed by atoms with E-state index in [1.54, 1.807) is 0 Å². The summed E-state index contributed by atoms with van der Waals surface area (Å²) in [5.74, 6) is 0. The van der Waals surface area contributed by atoms with E-state index in [1.165, 1.54) is 87.2 Å². The van der Waals surface area contributed by atoms with Gasteiger partial charge in [0.2, 0.25) is 0 Å². The van der Waals surface area contributed by atoms with Crippen molar-refractivity contribution in [2.24, 2.45) is 0 Å². The molecule has 204 valence electrons. The molecule has 0 fully saturated rings. The van der Waals surface area contributed by atoms with Crippen LogP contribution in [-0.4, -0.2) is 0 Å². The van der Waals surface area contributed by atoms with Crippen LogP contribution in [0.25, 0.3) is 87.2 Å². The Labute approximate surface area is 256 Å². The lowest BCUT2D eigenvalue weighted by atomic mass is 9.85. The lowest BCUT2D eigenvalue weighted by molar-refractivity contribution is 1.64. The van der Waals surface area contributed by atoms with Crippen molar-refractivity contribution in [3.63, 3.8) is 0 Å². The van der Waals surface area contributed by atoms with Crippen LogP contribution < -0.4 is 0 Å². The molecule has 0 aliphatic rings. The zero-order valence-electron chi connectivity index (χ0n) is 24.2. The molecule has 0 atom stereocenters. The summed E-state index contributed by atoms with van der Waals surface area (Å²) in [6, 6.07) is 62.4. The quantitative estimate of drug-likeness (QED) is 0.190. The van der Waals surface area contributed by atoms with Gasteiger partial charge in [0.05, 0.1) is 0 Å². The van der Waals surface area contributed by atoms with E-state index < -0.39 is 0 Å². The maximum Gasteiger partial charge on any atom is -0.00921 e. The van der Waals surface area contributed by atoms with Gasteiger partial charge in [0.25, 0.3) is 0 Å². The van der Waals surface area contributed by atoms with Crippen molar-refractivity contribution in [3.05, 3.63) is 170 Å². The fourth-order valence-corrected chi connectivity index (χ4v) is 7.18. The van der Waals surface area contributed by atoms with Gasteiger partial charge < -0.3 is 0 Å². The second kappa shape index (κ2) is 9.93. The number of hydrogen-bond donors (Lipinski definition) is 0. The summed E-state index contributed by atoms with van der Waals surface area (Å²) >= 11 is 0. The van der Waals surface area contributed by atoms with Crippen molar-refractivity contribution < 1.29 is 0 Å². The molecule has 0 bridgehead atoms. The average Bonchev–Trinajstić information content (AvgIpc) is 3.10. The first kappa shape index (κ1) is 24.8. The number of fused-ring (bicyclic) bond motifs is 7. The zero-order valence-corrected chi connectivity index (χ0v) is 24.2. The molecule has 0 spiro atoms. The predicted molar refractivity (Wildman–Crippen MR) is 190 cm³/mol. The van der Waals surface area contributed by atoms with Gasteiger partial charge in [-0.3, -0.25) is 0 Å². The van der Waals surface area contributed by atoms with Crippen LogP contribution >= 0.6 is 0 Å². The van der Waals surface area contributed by atoms with E-state index in [-0.39, 0.29) is 0 Å². The van der Waals surface area contributed by atoms with E-state index in [1.807, 2.05) is 0 Å². The van der Waals surface area contributed by atoms with E-state index in [0.29, 0.717) is 0 Å². The van der Waals surface area contributed by atoms with E-state index in [9.17, 15) is 0 Å². The standard InChI is InChI=1S/C44H28/c1-2-12-29(13-3-1)32-24-25-39-40(26-32)44-28-41(35-22-10-16-30-14-4-6-18-33(30)35)37-20-8-9-21-38(37)43(44)27-42(39)36-23-11-17-31-15-5-7-19-34(31)36/h1-28H. The molecule has 0 heteroatoms. The molecule has 9 aromatic carbocycles. The first-order valence-electron chi connectivity index (χ1n) is 15.3. The fourth-order valence-electron chi connectivity index (χ4n) is 7.18. The van der Waals surface area contributed by atoms with Crippen molar-refractivity contribution in [2.75, 3.05) is 0 Å². The smallest absolute Gasteiger partial charge is 0.00921 e. The van der Waals surface area contributed by atoms with E-state index in [4.69, 9.17) is 0 Å². The molecule has 0 radical (unpaired) electrons. The summed E-state index contributed by atoms with van der Waals surface area (Å²) < 4.78 is 0. The fraction of sp³-hybridized carbons (Fsp3) is 0. The molecule has 0 saturated carbocycles. The third-order valence-electron chi connectivity index (χ3n) is 9.24. The second-order valence-electron chi connectivity index (χ2n) is 11.7. The van der Waals surface area contributed by atoms with E-state index >= 15 is 0 Å². The SMILES string of the molecule is c1ccc(-c2ccc3c(-c4cccc5ccccc45)cc4c5ccccc5c(-c5cccc6ccccc56)cc4c3c2)cc1. The zero-order chi connectivity index (χ0) is 29.0. The molecule has 0 saturated heterocycles. The molecule has 0 unspecified atom stereocenters. The molecule has 0 heterocycles. The Morgan fingerprint density at radius 1 is 0.205 bits per heavy atom. The van der Waals surface area contributed by atoms with Crippen LogP contribution in [-0.2, 0) is 0 Å². The van der Waals surface area contributed by atoms with Crippen molar-refractivity contribution >= 4 is 53.9 Å². The van der Waals surface area contributed by atoms with Gasteiger partial charge in [-0.15, -0.1) is 0 Å². The topological polar surface area (TPSA) is 0 Å². The second-order valence-corrected chi connectivity index (χ2v) is 11.7. The lowest BCUT2D eigenvalue weighted by Gasteiger charge is -2.18. The lowest BCUT2D eigenvalue weighted by Crippen LogP contribution is -1.91. The molecule has 0 amide bonds. The maximum absolute atomic E-state index is 2.45. The largest absolute Gasteiger partial charge is 0.0622 e. The van der Waals surface area contributed by atoms with Gasteiger partial charge in [-0.1, -0.05) is 152 Å². The molecule has 0 N–H and O–H groups in total. The summed E-state index contributed by atoms with van der Waals surface area (Å²) in [5.41, 5.74) is 7.54. The Morgan fingerprint density at radius 2 is 0.659 bits per heavy atom. The molecular weight excluding hydrogens is 528 g/mol. The Hall–Kier alpha value is -5.72. The van der Waals surface area contributed by atoms with Gasteiger partial charge in [0.1, 0.15) is 0 Å². The monoisotopic (exact) mass is 556 g/mol. The van der Waals surface area contributed by atoms with Crippen LogP contribution in [0, 0.1) is 0 Å². The van der Waals surface area contributed by atoms with Gasteiger partial charge in [-0.2, -0.15) is 0 Å². The molecule has 0 nitrogen and oxygen atoms in total. The third-order valence-corrected chi connectivity index (χ3v) is 9.24. The van der Waals surface area contributed by atoms with Gasteiger partial charge in [-0.05, 0) is 105 Å². The Balaban J connectivity index is 1.46. The van der Waals surface area contributed by atoms with Crippen molar-refractivity contribution in [3.8, 4) is 33.4 Å². The first-order chi connectivity index (χ1) is 21.8. The van der Waals surface area contributed by atoms with Gasteiger partial charge in [0.15, 0.2) is 0 Å². The predicted octanol–water partition coefficient (Wildman–Crippen LogP) is 12.5. The molecule has 0 aliphatic heterocycles. The highest BCUT2D eigenvalue weighted by Gasteiger charge is 2.17. The normalized spacial score (nSPS) is 11.6. The first-order valence-corrected chi connectivity index (χ1v) is 15.3. The number of benzene rings is 9. The van der Waals surface area contributed by atoms with Crippen LogP contribution in [0.15, 0.2) is 170 Å². The highest BCUT2D eigenvalue weighted by Crippen LogP contribution is 2.45. The Kier molecular flexibility index (Phi) is 5.61. The van der Waals surface area contributed by atoms with Crippen molar-refractivity contribution in [1.82, 2.24) is 0 Å². The van der Waals surface area contributed by atoms with Crippen molar-refractivity contribution in [2.45, 2.75) is 0 Å². The van der Waals surface area contributed by atoms with Crippen LogP contribution in [0.5, 0.6) is 0 Å². The molecule has 9 aromatic rings. The van der Waals surface area contributed by atoms with E-state index in [0.717, 1.165) is 0 Å². The van der Waals surface area contributed by atoms with Crippen LogP contribution in [0.1, 0.15) is 0 Å². The summed E-state index contributed by atoms with van der Waals surface area (Å²) in [6.07, 6.45) is 0. The van der Waals surface area contributed by atoms with Gasteiger partial charge >= 0.3 is 0 Å². The number of hydrogen-bond acceptors (Lipinski definition) is 0. The minimum absolute atomic E-state index is 1.23.